The van der Waals surface area contributed by atoms with Crippen molar-refractivity contribution in [2.45, 2.75) is 45.6 Å². The molecule has 1 saturated heterocycles. The Balaban J connectivity index is 1.38. The molecule has 1 aromatic carbocycles. The van der Waals surface area contributed by atoms with Gasteiger partial charge in [0.2, 0.25) is 0 Å². The van der Waals surface area contributed by atoms with E-state index in [1.807, 2.05) is 11.8 Å². The monoisotopic (exact) mass is 509 g/mol. The standard InChI is InChI=1S/C27H32FN5O4/c1-15-21(29-20-6-9-33(27(37)24(15)20)11-10-32-7-4-3-5-8-32)13-18-17-12-19(28)23(31-25(35)16(2)34)14-22(17)30-26(18)36/h12-14,16,29,34H,3-11H2,1-2H3,(H,30,36)(H,31,35)/t16-/m0/s1. The van der Waals surface area contributed by atoms with E-state index in [0.29, 0.717) is 42.0 Å². The number of nitrogens with one attached hydrogen (secondary N) is 3. The Kier molecular flexibility index (Phi) is 6.87. The Morgan fingerprint density at radius 1 is 1.19 bits per heavy atom. The maximum Gasteiger partial charge on any atom is 0.256 e. The normalized spacial score (nSPS) is 19.6. The van der Waals surface area contributed by atoms with Crippen LogP contribution in [-0.2, 0) is 16.0 Å². The fourth-order valence-electron chi connectivity index (χ4n) is 5.30. The van der Waals surface area contributed by atoms with Gasteiger partial charge >= 0.3 is 0 Å². The zero-order valence-corrected chi connectivity index (χ0v) is 21.1. The number of hydrogen-bond donors (Lipinski definition) is 4. The van der Waals surface area contributed by atoms with Gasteiger partial charge in [0, 0.05) is 43.0 Å². The van der Waals surface area contributed by atoms with Gasteiger partial charge in [-0.2, -0.15) is 0 Å². The van der Waals surface area contributed by atoms with Gasteiger partial charge in [-0.25, -0.2) is 4.39 Å². The number of likely N-dealkylation sites (tertiary alicyclic amines) is 1. The summed E-state index contributed by atoms with van der Waals surface area (Å²) >= 11 is 0. The molecule has 4 heterocycles. The van der Waals surface area contributed by atoms with E-state index in [-0.39, 0.29) is 17.2 Å². The molecule has 4 N–H and O–H groups in total. The van der Waals surface area contributed by atoms with Crippen LogP contribution in [0.4, 0.5) is 15.8 Å². The van der Waals surface area contributed by atoms with Crippen molar-refractivity contribution in [1.29, 1.82) is 0 Å². The molecule has 3 amide bonds. The summed E-state index contributed by atoms with van der Waals surface area (Å²) in [5.74, 6) is -1.88. The fourth-order valence-corrected chi connectivity index (χ4v) is 5.30. The third-order valence-corrected chi connectivity index (χ3v) is 7.45. The summed E-state index contributed by atoms with van der Waals surface area (Å²) in [6, 6.07) is 2.52. The van der Waals surface area contributed by atoms with Gasteiger partial charge in [-0.3, -0.25) is 14.4 Å². The molecule has 0 aliphatic carbocycles. The Hall–Kier alpha value is -3.50. The maximum atomic E-state index is 14.8. The third kappa shape index (κ3) is 4.91. The van der Waals surface area contributed by atoms with Gasteiger partial charge in [0.25, 0.3) is 17.7 Å². The Morgan fingerprint density at radius 2 is 1.95 bits per heavy atom. The third-order valence-electron chi connectivity index (χ3n) is 7.45. The number of carbonyl (C=O) groups excluding carboxylic acids is 3. The SMILES string of the molecule is Cc1c(C=C2C(=O)Nc3cc(NC(=O)[C@H](C)O)c(F)cc32)[nH]c2c1C(=O)N(CCN1CCCCC1)CC2. The fraction of sp³-hybridized carbons (Fsp3) is 0.444. The first kappa shape index (κ1) is 25.2. The topological polar surface area (TPSA) is 118 Å². The van der Waals surface area contributed by atoms with Gasteiger partial charge in [0.05, 0.1) is 22.5 Å². The molecule has 0 unspecified atom stereocenters. The molecule has 3 aliphatic heterocycles. The van der Waals surface area contributed by atoms with Gasteiger partial charge in [0.1, 0.15) is 11.9 Å². The van der Waals surface area contributed by atoms with Crippen molar-refractivity contribution in [3.05, 3.63) is 46.0 Å². The Morgan fingerprint density at radius 3 is 2.68 bits per heavy atom. The highest BCUT2D eigenvalue weighted by Gasteiger charge is 2.31. The summed E-state index contributed by atoms with van der Waals surface area (Å²) in [7, 11) is 0. The van der Waals surface area contributed by atoms with Gasteiger partial charge in [-0.15, -0.1) is 0 Å². The number of fused-ring (bicyclic) bond motifs is 2. The highest BCUT2D eigenvalue weighted by molar-refractivity contribution is 6.35. The molecule has 2 aromatic rings. The van der Waals surface area contributed by atoms with Crippen molar-refractivity contribution in [1.82, 2.24) is 14.8 Å². The summed E-state index contributed by atoms with van der Waals surface area (Å²) in [6.45, 7) is 7.54. The number of benzene rings is 1. The summed E-state index contributed by atoms with van der Waals surface area (Å²) in [4.78, 5) is 45.5. The molecule has 1 atom stereocenters. The molecule has 3 aliphatic rings. The summed E-state index contributed by atoms with van der Waals surface area (Å²) in [5.41, 5.74) is 3.75. The van der Waals surface area contributed by atoms with Crippen LogP contribution in [0, 0.1) is 12.7 Å². The van der Waals surface area contributed by atoms with Gasteiger partial charge in [0.15, 0.2) is 0 Å². The van der Waals surface area contributed by atoms with Crippen molar-refractivity contribution in [3.63, 3.8) is 0 Å². The average molecular weight is 510 g/mol. The molecular weight excluding hydrogens is 477 g/mol. The maximum absolute atomic E-state index is 14.8. The molecule has 1 aromatic heterocycles. The molecular formula is C27H32FN5O4. The molecule has 10 heteroatoms. The van der Waals surface area contributed by atoms with Crippen LogP contribution in [0.25, 0.3) is 11.6 Å². The second-order valence-corrected chi connectivity index (χ2v) is 10.0. The lowest BCUT2D eigenvalue weighted by Crippen LogP contribution is -2.43. The minimum Gasteiger partial charge on any atom is -0.384 e. The molecule has 9 nitrogen and oxygen atoms in total. The summed E-state index contributed by atoms with van der Waals surface area (Å²) in [6.07, 6.45) is 4.75. The van der Waals surface area contributed by atoms with Crippen LogP contribution in [0.3, 0.4) is 0 Å². The number of aliphatic hydroxyl groups excluding tert-OH is 1. The quantitative estimate of drug-likeness (QED) is 0.447. The molecule has 0 radical (unpaired) electrons. The predicted molar refractivity (Wildman–Crippen MR) is 139 cm³/mol. The van der Waals surface area contributed by atoms with Crippen LogP contribution in [0.15, 0.2) is 12.1 Å². The summed E-state index contributed by atoms with van der Waals surface area (Å²) < 4.78 is 14.8. The number of anilines is 2. The second kappa shape index (κ2) is 10.1. The minimum atomic E-state index is -1.30. The Bertz CT molecular complexity index is 1290. The van der Waals surface area contributed by atoms with Gasteiger partial charge < -0.3 is 30.5 Å². The number of halogens is 1. The first-order chi connectivity index (χ1) is 17.7. The number of nitrogens with zero attached hydrogens (tertiary/aromatic N) is 2. The molecule has 1 fully saturated rings. The number of hydrogen-bond acceptors (Lipinski definition) is 5. The average Bonchev–Trinajstić information content (AvgIpc) is 3.35. The lowest BCUT2D eigenvalue weighted by Gasteiger charge is -2.32. The molecule has 0 spiro atoms. The van der Waals surface area contributed by atoms with Crippen molar-refractivity contribution in [2.75, 3.05) is 43.4 Å². The molecule has 196 valence electrons. The van der Waals surface area contributed by atoms with Gasteiger partial charge in [-0.05, 0) is 63.6 Å². The molecule has 0 saturated carbocycles. The van der Waals surface area contributed by atoms with Crippen LogP contribution in [0.2, 0.25) is 0 Å². The largest absolute Gasteiger partial charge is 0.384 e. The number of piperidine rings is 1. The number of rotatable bonds is 6. The number of carbonyl (C=O) groups is 3. The number of H-pyrrole nitrogens is 1. The lowest BCUT2D eigenvalue weighted by atomic mass is 10.0. The van der Waals surface area contributed by atoms with Gasteiger partial charge in [-0.1, -0.05) is 6.42 Å². The zero-order valence-electron chi connectivity index (χ0n) is 21.1. The number of aromatic nitrogens is 1. The first-order valence-electron chi connectivity index (χ1n) is 12.8. The smallest absolute Gasteiger partial charge is 0.256 e. The van der Waals surface area contributed by atoms with Crippen molar-refractivity contribution in [2.24, 2.45) is 0 Å². The van der Waals surface area contributed by atoms with Crippen LogP contribution < -0.4 is 10.6 Å². The lowest BCUT2D eigenvalue weighted by molar-refractivity contribution is -0.123. The van der Waals surface area contributed by atoms with Crippen LogP contribution >= 0.6 is 0 Å². The van der Waals surface area contributed by atoms with Crippen molar-refractivity contribution >= 4 is 40.7 Å². The molecule has 0 bridgehead atoms. The summed E-state index contributed by atoms with van der Waals surface area (Å²) in [5, 5.41) is 14.4. The Labute approximate surface area is 214 Å². The van der Waals surface area contributed by atoms with E-state index in [4.69, 9.17) is 0 Å². The number of amides is 3. The highest BCUT2D eigenvalue weighted by Crippen LogP contribution is 2.37. The molecule has 5 rings (SSSR count). The van der Waals surface area contributed by atoms with E-state index in [0.717, 1.165) is 30.9 Å². The minimum absolute atomic E-state index is 0.00234. The van der Waals surface area contributed by atoms with Crippen LogP contribution in [-0.4, -0.2) is 76.4 Å². The van der Waals surface area contributed by atoms with E-state index in [2.05, 4.69) is 20.5 Å². The zero-order chi connectivity index (χ0) is 26.3. The highest BCUT2D eigenvalue weighted by atomic mass is 19.1. The van der Waals surface area contributed by atoms with E-state index >= 15 is 0 Å². The van der Waals surface area contributed by atoms with Crippen molar-refractivity contribution < 1.29 is 23.9 Å². The predicted octanol–water partition coefficient (Wildman–Crippen LogP) is 2.76. The number of aromatic amines is 1. The van der Waals surface area contributed by atoms with Crippen LogP contribution in [0.1, 0.15) is 59.1 Å². The van der Waals surface area contributed by atoms with E-state index in [1.165, 1.54) is 38.3 Å². The van der Waals surface area contributed by atoms with Crippen LogP contribution in [0.5, 0.6) is 0 Å². The van der Waals surface area contributed by atoms with E-state index < -0.39 is 23.7 Å². The number of aliphatic hydroxyl groups is 1. The second-order valence-electron chi connectivity index (χ2n) is 10.0. The molecule has 37 heavy (non-hydrogen) atoms. The first-order valence-corrected chi connectivity index (χ1v) is 12.8. The van der Waals surface area contributed by atoms with E-state index in [1.54, 1.807) is 6.08 Å². The van der Waals surface area contributed by atoms with Crippen molar-refractivity contribution in [3.8, 4) is 0 Å². The van der Waals surface area contributed by atoms with E-state index in [9.17, 15) is 23.9 Å².